The predicted octanol–water partition coefficient (Wildman–Crippen LogP) is 3.39. The van der Waals surface area contributed by atoms with Crippen molar-refractivity contribution in [3.63, 3.8) is 0 Å². The average molecular weight is 319 g/mol. The summed E-state index contributed by atoms with van der Waals surface area (Å²) in [6, 6.07) is 15.1. The molecule has 3 heteroatoms. The number of carbonyl (C=O) groups is 1. The summed E-state index contributed by atoms with van der Waals surface area (Å²) in [5, 5.41) is 9.96. The van der Waals surface area contributed by atoms with Crippen molar-refractivity contribution in [3.05, 3.63) is 59.2 Å². The predicted molar refractivity (Wildman–Crippen MR) is 92.9 cm³/mol. The van der Waals surface area contributed by atoms with E-state index in [2.05, 4.69) is 41.3 Å². The third-order valence-corrected chi connectivity index (χ3v) is 5.99. The van der Waals surface area contributed by atoms with E-state index < -0.39 is 0 Å². The molecule has 2 saturated heterocycles. The largest absolute Gasteiger partial charge is 0.393 e. The van der Waals surface area contributed by atoms with Crippen molar-refractivity contribution < 1.29 is 9.90 Å². The van der Waals surface area contributed by atoms with Gasteiger partial charge in [-0.25, -0.2) is 0 Å². The van der Waals surface area contributed by atoms with Gasteiger partial charge in [-0.2, -0.15) is 0 Å². The Hall–Kier alpha value is -2.13. The second kappa shape index (κ2) is 5.18. The van der Waals surface area contributed by atoms with Crippen LogP contribution >= 0.6 is 0 Å². The maximum absolute atomic E-state index is 13.1. The van der Waals surface area contributed by atoms with E-state index >= 15 is 0 Å². The number of carbonyl (C=O) groups excluding carboxylic acids is 1. The lowest BCUT2D eigenvalue weighted by Gasteiger charge is -2.37. The molecule has 5 rings (SSSR count). The Labute approximate surface area is 141 Å². The molecular weight excluding hydrogens is 298 g/mol. The summed E-state index contributed by atoms with van der Waals surface area (Å²) in [6.45, 7) is 0. The van der Waals surface area contributed by atoms with Crippen LogP contribution in [0, 0.1) is 0 Å². The molecule has 1 aliphatic carbocycles. The highest BCUT2D eigenvalue weighted by Crippen LogP contribution is 2.39. The van der Waals surface area contributed by atoms with Gasteiger partial charge in [0.05, 0.1) is 6.10 Å². The number of hydrogen-bond acceptors (Lipinski definition) is 2. The number of amides is 1. The fourth-order valence-corrected chi connectivity index (χ4v) is 4.89. The molecule has 1 N–H and O–H groups in total. The first-order valence-corrected chi connectivity index (χ1v) is 8.92. The summed E-state index contributed by atoms with van der Waals surface area (Å²) < 4.78 is 0. The van der Waals surface area contributed by atoms with E-state index in [0.29, 0.717) is 0 Å². The van der Waals surface area contributed by atoms with E-state index in [4.69, 9.17) is 0 Å². The molecule has 3 nitrogen and oxygen atoms in total. The van der Waals surface area contributed by atoms with Crippen molar-refractivity contribution >= 4 is 5.91 Å². The number of aliphatic hydroxyl groups excluding tert-OH is 1. The number of piperidine rings is 1. The van der Waals surface area contributed by atoms with Gasteiger partial charge in [0.25, 0.3) is 5.91 Å². The molecule has 3 aliphatic rings. The lowest BCUT2D eigenvalue weighted by molar-refractivity contribution is 0.0287. The Bertz CT molecular complexity index is 814. The highest BCUT2D eigenvalue weighted by atomic mass is 16.3. The molecule has 2 aliphatic heterocycles. The molecule has 0 saturated carbocycles. The van der Waals surface area contributed by atoms with Crippen molar-refractivity contribution in [3.8, 4) is 11.1 Å². The normalized spacial score (nSPS) is 27.0. The fraction of sp³-hybridized carbons (Fsp3) is 0.381. The summed E-state index contributed by atoms with van der Waals surface area (Å²) in [4.78, 5) is 15.2. The summed E-state index contributed by atoms with van der Waals surface area (Å²) >= 11 is 0. The van der Waals surface area contributed by atoms with Gasteiger partial charge in [-0.05, 0) is 66.5 Å². The highest BCUT2D eigenvalue weighted by molar-refractivity contribution is 5.97. The third-order valence-electron chi connectivity index (χ3n) is 5.99. The molecule has 2 aromatic rings. The third kappa shape index (κ3) is 2.04. The zero-order valence-electron chi connectivity index (χ0n) is 13.6. The maximum Gasteiger partial charge on any atom is 0.254 e. The minimum Gasteiger partial charge on any atom is -0.393 e. The summed E-state index contributed by atoms with van der Waals surface area (Å²) in [5.41, 5.74) is 5.92. The van der Waals surface area contributed by atoms with Gasteiger partial charge in [0, 0.05) is 17.6 Å². The Kier molecular flexibility index (Phi) is 3.07. The lowest BCUT2D eigenvalue weighted by atomic mass is 9.97. The molecule has 2 heterocycles. The van der Waals surface area contributed by atoms with Gasteiger partial charge in [0.1, 0.15) is 0 Å². The smallest absolute Gasteiger partial charge is 0.254 e. The summed E-state index contributed by atoms with van der Waals surface area (Å²) in [5.74, 6) is 0.140. The number of aliphatic hydroxyl groups is 1. The van der Waals surface area contributed by atoms with Crippen LogP contribution in [-0.4, -0.2) is 34.1 Å². The lowest BCUT2D eigenvalue weighted by Crippen LogP contribution is -2.48. The van der Waals surface area contributed by atoms with Gasteiger partial charge in [0.15, 0.2) is 0 Å². The Morgan fingerprint density at radius 3 is 2.46 bits per heavy atom. The first-order chi connectivity index (χ1) is 11.7. The quantitative estimate of drug-likeness (QED) is 0.747. The van der Waals surface area contributed by atoms with E-state index in [1.54, 1.807) is 0 Å². The van der Waals surface area contributed by atoms with Crippen LogP contribution in [0.5, 0.6) is 0 Å². The number of benzene rings is 2. The number of fused-ring (bicyclic) bond motifs is 5. The van der Waals surface area contributed by atoms with E-state index in [9.17, 15) is 9.90 Å². The number of hydrogen-bond donors (Lipinski definition) is 1. The zero-order chi connectivity index (χ0) is 16.3. The van der Waals surface area contributed by atoms with Crippen LogP contribution in [0.1, 0.15) is 47.2 Å². The minimum atomic E-state index is -0.238. The van der Waals surface area contributed by atoms with E-state index in [1.807, 2.05) is 6.07 Å². The molecule has 0 spiro atoms. The molecule has 24 heavy (non-hydrogen) atoms. The van der Waals surface area contributed by atoms with Gasteiger partial charge in [-0.1, -0.05) is 30.3 Å². The number of nitrogens with zero attached hydrogens (tertiary/aromatic N) is 1. The van der Waals surface area contributed by atoms with Crippen LogP contribution in [0.2, 0.25) is 0 Å². The molecule has 2 fully saturated rings. The van der Waals surface area contributed by atoms with Gasteiger partial charge >= 0.3 is 0 Å². The molecule has 0 radical (unpaired) electrons. The SMILES string of the molecule is O=C(c1ccc2c(c1)-c1ccccc1C2)N1[C@@H]2CC[C@@H]1CC(O)C2. The second-order valence-electron chi connectivity index (χ2n) is 7.43. The van der Waals surface area contributed by atoms with Gasteiger partial charge in [0.2, 0.25) is 0 Å². The van der Waals surface area contributed by atoms with Gasteiger partial charge in [-0.15, -0.1) is 0 Å². The van der Waals surface area contributed by atoms with Gasteiger partial charge < -0.3 is 10.0 Å². The minimum absolute atomic E-state index is 0.140. The second-order valence-corrected chi connectivity index (χ2v) is 7.43. The van der Waals surface area contributed by atoms with Crippen LogP contribution < -0.4 is 0 Å². The first-order valence-electron chi connectivity index (χ1n) is 8.92. The van der Waals surface area contributed by atoms with Crippen LogP contribution in [-0.2, 0) is 6.42 Å². The van der Waals surface area contributed by atoms with E-state index in [0.717, 1.165) is 37.7 Å². The van der Waals surface area contributed by atoms with Crippen molar-refractivity contribution in [2.24, 2.45) is 0 Å². The van der Waals surface area contributed by atoms with Crippen molar-refractivity contribution in [1.82, 2.24) is 4.90 Å². The monoisotopic (exact) mass is 319 g/mol. The maximum atomic E-state index is 13.1. The average Bonchev–Trinajstić information content (AvgIpc) is 3.09. The molecule has 122 valence electrons. The van der Waals surface area contributed by atoms with Crippen molar-refractivity contribution in [2.45, 2.75) is 50.3 Å². The molecule has 2 aromatic carbocycles. The molecular formula is C21H21NO2. The fourth-order valence-electron chi connectivity index (χ4n) is 4.89. The molecule has 1 amide bonds. The van der Waals surface area contributed by atoms with E-state index in [-0.39, 0.29) is 24.1 Å². The van der Waals surface area contributed by atoms with Crippen LogP contribution in [0.3, 0.4) is 0 Å². The van der Waals surface area contributed by atoms with E-state index in [1.165, 1.54) is 22.3 Å². The van der Waals surface area contributed by atoms with Crippen molar-refractivity contribution in [2.75, 3.05) is 0 Å². The Morgan fingerprint density at radius 2 is 1.67 bits per heavy atom. The number of rotatable bonds is 1. The summed E-state index contributed by atoms with van der Waals surface area (Å²) in [6.07, 6.45) is 4.24. The molecule has 2 bridgehead atoms. The van der Waals surface area contributed by atoms with Crippen LogP contribution in [0.4, 0.5) is 0 Å². The Morgan fingerprint density at radius 1 is 0.958 bits per heavy atom. The Balaban J connectivity index is 1.50. The first kappa shape index (κ1) is 14.2. The van der Waals surface area contributed by atoms with Crippen LogP contribution in [0.25, 0.3) is 11.1 Å². The molecule has 0 aromatic heterocycles. The molecule has 2 atom stereocenters. The zero-order valence-corrected chi connectivity index (χ0v) is 13.6. The summed E-state index contributed by atoms with van der Waals surface area (Å²) in [7, 11) is 0. The van der Waals surface area contributed by atoms with Crippen LogP contribution in [0.15, 0.2) is 42.5 Å². The standard InChI is InChI=1S/C21H21NO2/c23-18-11-16-7-8-17(12-18)22(16)21(24)15-6-5-14-9-13-3-1-2-4-19(13)20(14)10-15/h1-6,10,16-18,23H,7-9,11-12H2/t16-,17-/m1/s1. The molecule has 0 unspecified atom stereocenters. The highest BCUT2D eigenvalue weighted by Gasteiger charge is 2.43. The topological polar surface area (TPSA) is 40.5 Å². The van der Waals surface area contributed by atoms with Crippen molar-refractivity contribution in [1.29, 1.82) is 0 Å². The van der Waals surface area contributed by atoms with Gasteiger partial charge in [-0.3, -0.25) is 4.79 Å².